The maximum Gasteiger partial charge on any atom is 0.416 e. The number of hydrogen-bond donors (Lipinski definition) is 0. The summed E-state index contributed by atoms with van der Waals surface area (Å²) in [5, 5.41) is 0. The third kappa shape index (κ3) is 3.47. The minimum Gasteiger partial charge on any atom is -0.368 e. The van der Waals surface area contributed by atoms with Gasteiger partial charge in [-0.3, -0.25) is 0 Å². The molecule has 0 bridgehead atoms. The molecule has 0 saturated carbocycles. The summed E-state index contributed by atoms with van der Waals surface area (Å²) >= 11 is 5.64. The summed E-state index contributed by atoms with van der Waals surface area (Å²) in [6.45, 7) is 7.18. The standard InChI is InChI=1S/C16H21ClF3N/c1-10-6-11(2)12(3)21(9-10)14-5-4-13(8-17)15(7-14)16(18,19)20/h4-5,7,10-12H,6,8-9H2,1-3H3. The first-order valence-electron chi connectivity index (χ1n) is 7.26. The van der Waals surface area contributed by atoms with Gasteiger partial charge in [0.1, 0.15) is 0 Å². The van der Waals surface area contributed by atoms with Gasteiger partial charge in [-0.2, -0.15) is 13.2 Å². The third-order valence-electron chi connectivity index (χ3n) is 4.47. The van der Waals surface area contributed by atoms with Crippen molar-refractivity contribution in [3.63, 3.8) is 0 Å². The largest absolute Gasteiger partial charge is 0.416 e. The van der Waals surface area contributed by atoms with Crippen molar-refractivity contribution in [1.82, 2.24) is 0 Å². The Morgan fingerprint density at radius 2 is 1.90 bits per heavy atom. The summed E-state index contributed by atoms with van der Waals surface area (Å²) in [4.78, 5) is 2.09. The molecule has 1 saturated heterocycles. The fourth-order valence-corrected chi connectivity index (χ4v) is 3.41. The lowest BCUT2D eigenvalue weighted by molar-refractivity contribution is -0.138. The number of alkyl halides is 4. The van der Waals surface area contributed by atoms with E-state index >= 15 is 0 Å². The molecule has 2 rings (SSSR count). The van der Waals surface area contributed by atoms with Gasteiger partial charge in [0.25, 0.3) is 0 Å². The highest BCUT2D eigenvalue weighted by Crippen LogP contribution is 2.38. The number of piperidine rings is 1. The van der Waals surface area contributed by atoms with Gasteiger partial charge in [-0.15, -0.1) is 11.6 Å². The minimum atomic E-state index is -4.36. The molecule has 5 heteroatoms. The summed E-state index contributed by atoms with van der Waals surface area (Å²) in [5.74, 6) is 0.825. The average Bonchev–Trinajstić information content (AvgIpc) is 2.41. The molecule has 1 heterocycles. The van der Waals surface area contributed by atoms with Crippen LogP contribution in [0.3, 0.4) is 0 Å². The molecule has 3 unspecified atom stereocenters. The highest BCUT2D eigenvalue weighted by Gasteiger charge is 2.35. The van der Waals surface area contributed by atoms with Crippen molar-refractivity contribution >= 4 is 17.3 Å². The highest BCUT2D eigenvalue weighted by atomic mass is 35.5. The van der Waals surface area contributed by atoms with E-state index in [4.69, 9.17) is 11.6 Å². The van der Waals surface area contributed by atoms with Crippen LogP contribution in [0.1, 0.15) is 38.3 Å². The fourth-order valence-electron chi connectivity index (χ4n) is 3.18. The van der Waals surface area contributed by atoms with E-state index in [1.165, 1.54) is 12.1 Å². The number of anilines is 1. The predicted octanol–water partition coefficient (Wildman–Crippen LogP) is 5.32. The van der Waals surface area contributed by atoms with Gasteiger partial charge in [-0.25, -0.2) is 0 Å². The van der Waals surface area contributed by atoms with E-state index in [-0.39, 0.29) is 17.5 Å². The van der Waals surface area contributed by atoms with Crippen LogP contribution in [0, 0.1) is 11.8 Å². The van der Waals surface area contributed by atoms with Crippen LogP contribution in [0.25, 0.3) is 0 Å². The van der Waals surface area contributed by atoms with Crippen LogP contribution in [-0.4, -0.2) is 12.6 Å². The number of nitrogens with zero attached hydrogens (tertiary/aromatic N) is 1. The molecule has 1 aliphatic heterocycles. The van der Waals surface area contributed by atoms with E-state index in [0.29, 0.717) is 17.5 Å². The van der Waals surface area contributed by atoms with Crippen molar-refractivity contribution in [1.29, 1.82) is 0 Å². The molecule has 1 aromatic carbocycles. The first-order valence-corrected chi connectivity index (χ1v) is 7.80. The molecule has 21 heavy (non-hydrogen) atoms. The van der Waals surface area contributed by atoms with Gasteiger partial charge in [-0.1, -0.05) is 19.9 Å². The van der Waals surface area contributed by atoms with E-state index in [1.807, 2.05) is 0 Å². The van der Waals surface area contributed by atoms with E-state index in [1.54, 1.807) is 6.07 Å². The first-order chi connectivity index (χ1) is 9.74. The summed E-state index contributed by atoms with van der Waals surface area (Å²) in [7, 11) is 0. The maximum absolute atomic E-state index is 13.2. The summed E-state index contributed by atoms with van der Waals surface area (Å²) in [6, 6.07) is 4.75. The van der Waals surface area contributed by atoms with Crippen LogP contribution < -0.4 is 4.90 Å². The molecule has 118 valence electrons. The fraction of sp³-hybridized carbons (Fsp3) is 0.625. The zero-order valence-corrected chi connectivity index (χ0v) is 13.3. The van der Waals surface area contributed by atoms with E-state index < -0.39 is 11.7 Å². The SMILES string of the molecule is CC1CC(C)C(C)N(c2ccc(CCl)c(C(F)(F)F)c2)C1. The summed E-state index contributed by atoms with van der Waals surface area (Å²) < 4.78 is 39.5. The number of rotatable bonds is 2. The van der Waals surface area contributed by atoms with Crippen molar-refractivity contribution in [3.05, 3.63) is 29.3 Å². The summed E-state index contributed by atoms with van der Waals surface area (Å²) in [5.41, 5.74) is 0.161. The Hall–Kier alpha value is -0.900. The molecular formula is C16H21ClF3N. The van der Waals surface area contributed by atoms with Gasteiger partial charge >= 0.3 is 6.18 Å². The topological polar surface area (TPSA) is 3.24 Å². The smallest absolute Gasteiger partial charge is 0.368 e. The third-order valence-corrected chi connectivity index (χ3v) is 4.76. The Kier molecular flexibility index (Phi) is 4.76. The van der Waals surface area contributed by atoms with Crippen molar-refractivity contribution in [2.24, 2.45) is 11.8 Å². The second-order valence-electron chi connectivity index (χ2n) is 6.18. The van der Waals surface area contributed by atoms with Crippen molar-refractivity contribution in [2.45, 2.75) is 45.3 Å². The second-order valence-corrected chi connectivity index (χ2v) is 6.45. The molecular weight excluding hydrogens is 299 g/mol. The zero-order valence-electron chi connectivity index (χ0n) is 12.5. The normalized spacial score (nSPS) is 27.0. The Balaban J connectivity index is 2.40. The van der Waals surface area contributed by atoms with E-state index in [0.717, 1.165) is 13.0 Å². The van der Waals surface area contributed by atoms with E-state index in [9.17, 15) is 13.2 Å². The molecule has 1 aliphatic rings. The molecule has 1 aromatic rings. The van der Waals surface area contributed by atoms with Crippen molar-refractivity contribution < 1.29 is 13.2 Å². The minimum absolute atomic E-state index is 0.127. The second kappa shape index (κ2) is 6.07. The van der Waals surface area contributed by atoms with E-state index in [2.05, 4.69) is 25.7 Å². The Labute approximate surface area is 129 Å². The molecule has 3 atom stereocenters. The number of benzene rings is 1. The highest BCUT2D eigenvalue weighted by molar-refractivity contribution is 6.17. The van der Waals surface area contributed by atoms with Crippen LogP contribution >= 0.6 is 11.6 Å². The van der Waals surface area contributed by atoms with Crippen LogP contribution in [-0.2, 0) is 12.1 Å². The van der Waals surface area contributed by atoms with Crippen LogP contribution in [0.4, 0.5) is 18.9 Å². The first kappa shape index (κ1) is 16.5. The number of hydrogen-bond acceptors (Lipinski definition) is 1. The Morgan fingerprint density at radius 1 is 1.24 bits per heavy atom. The van der Waals surface area contributed by atoms with Crippen LogP contribution in [0.5, 0.6) is 0 Å². The lowest BCUT2D eigenvalue weighted by Gasteiger charge is -2.43. The lowest BCUT2D eigenvalue weighted by atomic mass is 9.85. The van der Waals surface area contributed by atoms with Gasteiger partial charge in [0.2, 0.25) is 0 Å². The Bertz CT molecular complexity index is 501. The van der Waals surface area contributed by atoms with Gasteiger partial charge in [0.05, 0.1) is 5.56 Å². The average molecular weight is 320 g/mol. The lowest BCUT2D eigenvalue weighted by Crippen LogP contribution is -2.45. The van der Waals surface area contributed by atoms with Gasteiger partial charge in [-0.05, 0) is 42.9 Å². The zero-order chi connectivity index (χ0) is 15.8. The van der Waals surface area contributed by atoms with Crippen LogP contribution in [0.15, 0.2) is 18.2 Å². The molecule has 1 fully saturated rings. The maximum atomic E-state index is 13.2. The molecule has 0 aliphatic carbocycles. The van der Waals surface area contributed by atoms with Crippen molar-refractivity contribution in [3.8, 4) is 0 Å². The van der Waals surface area contributed by atoms with Gasteiger partial charge in [0, 0.05) is 24.2 Å². The monoisotopic (exact) mass is 319 g/mol. The van der Waals surface area contributed by atoms with Crippen LogP contribution in [0.2, 0.25) is 0 Å². The molecule has 0 aromatic heterocycles. The summed E-state index contributed by atoms with van der Waals surface area (Å²) in [6.07, 6.45) is -3.25. The quantitative estimate of drug-likeness (QED) is 0.667. The van der Waals surface area contributed by atoms with Gasteiger partial charge in [0.15, 0.2) is 0 Å². The Morgan fingerprint density at radius 3 is 2.48 bits per heavy atom. The molecule has 0 radical (unpaired) electrons. The molecule has 1 nitrogen and oxygen atoms in total. The molecule has 0 amide bonds. The molecule has 0 spiro atoms. The van der Waals surface area contributed by atoms with Crippen molar-refractivity contribution in [2.75, 3.05) is 11.4 Å². The number of halogens is 4. The van der Waals surface area contributed by atoms with Gasteiger partial charge < -0.3 is 4.90 Å². The predicted molar refractivity (Wildman–Crippen MR) is 80.8 cm³/mol. The molecule has 0 N–H and O–H groups in total.